The van der Waals surface area contributed by atoms with Crippen LogP contribution in [0.25, 0.3) is 0 Å². The quantitative estimate of drug-likeness (QED) is 0.718. The fourth-order valence-corrected chi connectivity index (χ4v) is 3.87. The maximum Gasteiger partial charge on any atom is 0.357 e. The van der Waals surface area contributed by atoms with E-state index < -0.39 is 18.2 Å². The van der Waals surface area contributed by atoms with Gasteiger partial charge in [0.2, 0.25) is 0 Å². The molecule has 2 unspecified atom stereocenters. The molecule has 1 aromatic rings. The van der Waals surface area contributed by atoms with Gasteiger partial charge in [0.1, 0.15) is 25.0 Å². The number of benzene rings is 1. The van der Waals surface area contributed by atoms with Gasteiger partial charge in [-0.3, -0.25) is 14.6 Å². The number of carbonyl (C=O) groups is 2. The number of aliphatic hydroxyl groups is 1. The predicted molar refractivity (Wildman–Crippen MR) is 108 cm³/mol. The summed E-state index contributed by atoms with van der Waals surface area (Å²) in [5.41, 5.74) is 1.13. The van der Waals surface area contributed by atoms with E-state index in [0.717, 1.165) is 16.2 Å². The molecule has 1 saturated heterocycles. The minimum absolute atomic E-state index is 0.0878. The molecule has 3 rings (SSSR count). The fraction of sp³-hybridized carbons (Fsp3) is 0.474. The second kappa shape index (κ2) is 8.32. The average Bonchev–Trinajstić information content (AvgIpc) is 3.03. The van der Waals surface area contributed by atoms with Crippen LogP contribution in [0.3, 0.4) is 0 Å². The largest absolute Gasteiger partial charge is 0.491 e. The van der Waals surface area contributed by atoms with Gasteiger partial charge in [-0.2, -0.15) is 0 Å². The maximum atomic E-state index is 12.7. The van der Waals surface area contributed by atoms with Crippen LogP contribution in [0.15, 0.2) is 29.3 Å². The Kier molecular flexibility index (Phi) is 6.04. The molecule has 9 heteroatoms. The van der Waals surface area contributed by atoms with Gasteiger partial charge >= 0.3 is 11.2 Å². The van der Waals surface area contributed by atoms with Crippen LogP contribution in [0.5, 0.6) is 5.75 Å². The van der Waals surface area contributed by atoms with Gasteiger partial charge in [0.15, 0.2) is 0 Å². The van der Waals surface area contributed by atoms with Gasteiger partial charge in [0.25, 0.3) is 17.8 Å². The highest BCUT2D eigenvalue weighted by Crippen LogP contribution is 2.23. The highest BCUT2D eigenvalue weighted by atomic mass is 32.2. The summed E-state index contributed by atoms with van der Waals surface area (Å²) < 4.78 is 7.42. The molecule has 1 fully saturated rings. The number of amidine groups is 2. The summed E-state index contributed by atoms with van der Waals surface area (Å²) in [5.74, 6) is 1.48. The zero-order valence-corrected chi connectivity index (χ0v) is 17.3. The van der Waals surface area contributed by atoms with E-state index in [4.69, 9.17) is 4.74 Å². The molecule has 1 aromatic carbocycles. The number of nitrogens with zero attached hydrogens (tertiary/aromatic N) is 4. The number of hydrogen-bond acceptors (Lipinski definition) is 6. The molecule has 0 saturated carbocycles. The molecule has 2 aliphatic rings. The number of hydrogen-bond donors (Lipinski definition) is 1. The van der Waals surface area contributed by atoms with Gasteiger partial charge in [0, 0.05) is 19.8 Å². The van der Waals surface area contributed by atoms with E-state index in [0.29, 0.717) is 16.8 Å². The van der Waals surface area contributed by atoms with Gasteiger partial charge in [-0.15, -0.1) is 0 Å². The lowest BCUT2D eigenvalue weighted by molar-refractivity contribution is -0.541. The monoisotopic (exact) mass is 405 g/mol. The first-order valence-corrected chi connectivity index (χ1v) is 10.1. The standard InChI is InChI=1S/C19H25N4O4S/c1-5-28-18-20-16-15(17(25)22(4)19(26)21(16)3)23(18)10-13(24)11-27-14-8-6-12(2)7-9-14/h6-9,13,15,24H,5,10-11H2,1-4H3/q+1. The molecule has 2 atom stereocenters. The van der Waals surface area contributed by atoms with E-state index in [9.17, 15) is 14.7 Å². The number of ether oxygens (including phenoxy) is 1. The van der Waals surface area contributed by atoms with E-state index in [-0.39, 0.29) is 19.1 Å². The highest BCUT2D eigenvalue weighted by Gasteiger charge is 2.53. The molecule has 150 valence electrons. The number of aliphatic hydroxyl groups excluding tert-OH is 1. The highest BCUT2D eigenvalue weighted by molar-refractivity contribution is 8.13. The summed E-state index contributed by atoms with van der Waals surface area (Å²) in [4.78, 5) is 31.9. The summed E-state index contributed by atoms with van der Waals surface area (Å²) >= 11 is 1.47. The van der Waals surface area contributed by atoms with Gasteiger partial charge in [-0.25, -0.2) is 9.37 Å². The number of aliphatic imine (C=N–C) groups is 1. The van der Waals surface area contributed by atoms with Gasteiger partial charge in [-0.05, 0) is 35.8 Å². The molecule has 0 aromatic heterocycles. The number of rotatable bonds is 6. The Hall–Kier alpha value is -2.39. The van der Waals surface area contributed by atoms with Crippen molar-refractivity contribution < 1.29 is 24.0 Å². The smallest absolute Gasteiger partial charge is 0.357 e. The number of β-amino-alcohol motifs (C(OH)–C–C–N with tert-alkyl or cyclic N) is 1. The van der Waals surface area contributed by atoms with E-state index in [2.05, 4.69) is 4.99 Å². The van der Waals surface area contributed by atoms with Crippen LogP contribution in [-0.4, -0.2) is 87.6 Å². The Morgan fingerprint density at radius 1 is 1.25 bits per heavy atom. The minimum Gasteiger partial charge on any atom is -0.491 e. The number of likely N-dealkylation sites (N-methyl/N-ethyl adjacent to an activating group) is 2. The van der Waals surface area contributed by atoms with Gasteiger partial charge in [0.05, 0.1) is 0 Å². The van der Waals surface area contributed by atoms with Crippen molar-refractivity contribution in [3.05, 3.63) is 29.8 Å². The molecular weight excluding hydrogens is 380 g/mol. The zero-order chi connectivity index (χ0) is 20.4. The van der Waals surface area contributed by atoms with Crippen molar-refractivity contribution in [2.45, 2.75) is 26.0 Å². The van der Waals surface area contributed by atoms with Crippen molar-refractivity contribution in [1.29, 1.82) is 0 Å². The number of urea groups is 1. The number of aryl methyl sites for hydroxylation is 1. The second-order valence-corrected chi connectivity index (χ2v) is 7.99. The molecule has 0 aliphatic carbocycles. The van der Waals surface area contributed by atoms with Crippen LogP contribution < -0.4 is 4.74 Å². The van der Waals surface area contributed by atoms with Gasteiger partial charge in [-0.1, -0.05) is 24.6 Å². The number of fused-ring (bicyclic) bond motifs is 1. The Bertz CT molecular complexity index is 837. The summed E-state index contributed by atoms with van der Waals surface area (Å²) in [6.45, 7) is 4.24. The van der Waals surface area contributed by atoms with Gasteiger partial charge < -0.3 is 9.84 Å². The summed E-state index contributed by atoms with van der Waals surface area (Å²) in [6, 6.07) is 6.46. The van der Waals surface area contributed by atoms with Crippen molar-refractivity contribution in [1.82, 2.24) is 9.80 Å². The van der Waals surface area contributed by atoms with Crippen LogP contribution in [0.1, 0.15) is 12.5 Å². The number of thioether (sulfide) groups is 1. The van der Waals surface area contributed by atoms with E-state index in [1.807, 2.05) is 38.1 Å². The summed E-state index contributed by atoms with van der Waals surface area (Å²) in [6.07, 6.45) is -0.829. The molecule has 0 spiro atoms. The topological polar surface area (TPSA) is 85.4 Å². The predicted octanol–water partition coefficient (Wildman–Crippen LogP) is 1.16. The molecular formula is C19H25N4O4S+. The van der Waals surface area contributed by atoms with Crippen molar-refractivity contribution >= 4 is 34.7 Å². The molecule has 1 N–H and O–H groups in total. The number of amides is 3. The molecule has 8 nitrogen and oxygen atoms in total. The van der Waals surface area contributed by atoms with Crippen molar-refractivity contribution in [2.75, 3.05) is 33.0 Å². The Labute approximate surface area is 168 Å². The molecule has 28 heavy (non-hydrogen) atoms. The van der Waals surface area contributed by atoms with Crippen molar-refractivity contribution in [3.8, 4) is 5.75 Å². The van der Waals surface area contributed by atoms with E-state index in [1.54, 1.807) is 11.6 Å². The Morgan fingerprint density at radius 2 is 1.93 bits per heavy atom. The molecule has 2 heterocycles. The van der Waals surface area contributed by atoms with Crippen LogP contribution in [0.4, 0.5) is 4.79 Å². The van der Waals surface area contributed by atoms with Crippen molar-refractivity contribution in [2.24, 2.45) is 4.99 Å². The summed E-state index contributed by atoms with van der Waals surface area (Å²) in [7, 11) is 3.06. The molecule has 0 radical (unpaired) electrons. The minimum atomic E-state index is -0.829. The fourth-order valence-electron chi connectivity index (χ4n) is 3.11. The lowest BCUT2D eigenvalue weighted by Crippen LogP contribution is -2.62. The first kappa shape index (κ1) is 20.3. The second-order valence-electron chi connectivity index (χ2n) is 6.76. The lowest BCUT2D eigenvalue weighted by atomic mass is 10.1. The average molecular weight is 406 g/mol. The third-order valence-corrected chi connectivity index (χ3v) is 5.51. The molecule has 3 amide bonds. The number of imide groups is 1. The third-order valence-electron chi connectivity index (χ3n) is 4.64. The van der Waals surface area contributed by atoms with Crippen LogP contribution in [0, 0.1) is 6.92 Å². The third kappa shape index (κ3) is 3.90. The Balaban J connectivity index is 1.75. The summed E-state index contributed by atoms with van der Waals surface area (Å²) in [5, 5.41) is 11.2. The first-order chi connectivity index (χ1) is 13.3. The molecule has 0 bridgehead atoms. The SMILES string of the molecule is CCSC1=[N+](CC(O)COc2ccc(C)cc2)C2C(=O)N(C)C(=O)N(C)C2=N1. The van der Waals surface area contributed by atoms with Crippen LogP contribution in [0.2, 0.25) is 0 Å². The Morgan fingerprint density at radius 3 is 2.57 bits per heavy atom. The van der Waals surface area contributed by atoms with E-state index >= 15 is 0 Å². The molecule has 2 aliphatic heterocycles. The first-order valence-electron chi connectivity index (χ1n) is 9.11. The lowest BCUT2D eigenvalue weighted by Gasteiger charge is -2.31. The number of carbonyl (C=O) groups excluding carboxylic acids is 2. The van der Waals surface area contributed by atoms with E-state index in [1.165, 1.54) is 23.7 Å². The normalized spacial score (nSPS) is 20.5. The zero-order valence-electron chi connectivity index (χ0n) is 16.5. The van der Waals surface area contributed by atoms with Crippen LogP contribution >= 0.6 is 11.8 Å². The van der Waals surface area contributed by atoms with Crippen molar-refractivity contribution in [3.63, 3.8) is 0 Å². The van der Waals surface area contributed by atoms with Crippen LogP contribution in [-0.2, 0) is 4.79 Å². The maximum absolute atomic E-state index is 12.7.